The third kappa shape index (κ3) is 8.60. The summed E-state index contributed by atoms with van der Waals surface area (Å²) in [5.74, 6) is -0.373. The molecule has 0 aliphatic rings. The Balaban J connectivity index is 2.07. The smallest absolute Gasteiger partial charge is 0.408 e. The maximum absolute atomic E-state index is 13.0. The number of carbonyl (C=O) groups is 3. The van der Waals surface area contributed by atoms with Gasteiger partial charge in [0.25, 0.3) is 5.91 Å². The van der Waals surface area contributed by atoms with E-state index in [0.29, 0.717) is 5.56 Å². The van der Waals surface area contributed by atoms with Crippen LogP contribution in [-0.4, -0.2) is 36.6 Å². The predicted molar refractivity (Wildman–Crippen MR) is 129 cm³/mol. The second kappa shape index (κ2) is 11.5. The van der Waals surface area contributed by atoms with Crippen LogP contribution in [0.15, 0.2) is 48.5 Å². The molecule has 7 nitrogen and oxygen atoms in total. The maximum Gasteiger partial charge on any atom is 0.408 e. The highest BCUT2D eigenvalue weighted by Crippen LogP contribution is 2.21. The molecule has 178 valence electrons. The van der Waals surface area contributed by atoms with Crippen LogP contribution < -0.4 is 16.0 Å². The average molecular weight is 454 g/mol. The fraction of sp³-hybridized carbons (Fsp3) is 0.423. The highest BCUT2D eigenvalue weighted by molar-refractivity contribution is 5.96. The number of rotatable bonds is 8. The monoisotopic (exact) mass is 453 g/mol. The number of carbonyl (C=O) groups excluding carboxylic acids is 3. The number of hydrogen-bond donors (Lipinski definition) is 3. The van der Waals surface area contributed by atoms with Gasteiger partial charge in [0.05, 0.1) is 6.04 Å². The Morgan fingerprint density at radius 1 is 0.970 bits per heavy atom. The van der Waals surface area contributed by atoms with Gasteiger partial charge in [-0.1, -0.05) is 61.9 Å². The number of nitrogens with one attached hydrogen (secondary N) is 3. The minimum Gasteiger partial charge on any atom is -0.444 e. The van der Waals surface area contributed by atoms with Gasteiger partial charge >= 0.3 is 6.09 Å². The van der Waals surface area contributed by atoms with Gasteiger partial charge in [-0.2, -0.15) is 0 Å². The first-order chi connectivity index (χ1) is 15.5. The van der Waals surface area contributed by atoms with Crippen molar-refractivity contribution in [2.75, 3.05) is 13.1 Å². The molecule has 0 aromatic heterocycles. The first kappa shape index (κ1) is 25.9. The van der Waals surface area contributed by atoms with Crippen LogP contribution in [-0.2, 0) is 9.53 Å². The average Bonchev–Trinajstić information content (AvgIpc) is 2.74. The van der Waals surface area contributed by atoms with Crippen molar-refractivity contribution >= 4 is 17.9 Å². The predicted octanol–water partition coefficient (Wildman–Crippen LogP) is 4.23. The molecule has 2 rings (SSSR count). The molecular formula is C26H35N3O4. The minimum atomic E-state index is -0.664. The van der Waals surface area contributed by atoms with E-state index in [1.807, 2.05) is 69.3 Å². The molecule has 0 aliphatic heterocycles. The van der Waals surface area contributed by atoms with E-state index in [-0.39, 0.29) is 30.8 Å². The van der Waals surface area contributed by atoms with Crippen LogP contribution in [0, 0.1) is 6.92 Å². The lowest BCUT2D eigenvalue weighted by Crippen LogP contribution is -2.43. The number of hydrogen-bond acceptors (Lipinski definition) is 4. The standard InChI is InChI=1S/C26H35N3O4/c1-17(2)20-13-12-18(3)14-21(20)24(31)27-15-22(19-10-8-7-9-11-19)29-23(30)16-28-25(32)33-26(4,5)6/h7-14,17,22H,15-16H2,1-6H3,(H,27,31)(H,28,32)(H,29,30)/t22-/m1/s1. The van der Waals surface area contributed by atoms with Gasteiger partial charge in [-0.05, 0) is 50.8 Å². The number of aryl methyl sites for hydroxylation is 1. The van der Waals surface area contributed by atoms with Crippen molar-refractivity contribution in [3.63, 3.8) is 0 Å². The van der Waals surface area contributed by atoms with Crippen molar-refractivity contribution in [3.05, 3.63) is 70.8 Å². The van der Waals surface area contributed by atoms with Gasteiger partial charge in [0, 0.05) is 12.1 Å². The van der Waals surface area contributed by atoms with Gasteiger partial charge in [0.15, 0.2) is 0 Å². The molecular weight excluding hydrogens is 418 g/mol. The fourth-order valence-corrected chi connectivity index (χ4v) is 3.31. The molecule has 33 heavy (non-hydrogen) atoms. The normalized spacial score (nSPS) is 12.1. The highest BCUT2D eigenvalue weighted by Gasteiger charge is 2.20. The second-order valence-electron chi connectivity index (χ2n) is 9.34. The van der Waals surface area contributed by atoms with Gasteiger partial charge in [-0.3, -0.25) is 9.59 Å². The Bertz CT molecular complexity index is 965. The quantitative estimate of drug-likeness (QED) is 0.557. The van der Waals surface area contributed by atoms with E-state index in [4.69, 9.17) is 4.74 Å². The number of ether oxygens (including phenoxy) is 1. The second-order valence-corrected chi connectivity index (χ2v) is 9.34. The van der Waals surface area contributed by atoms with Crippen LogP contribution in [0.3, 0.4) is 0 Å². The number of benzene rings is 2. The van der Waals surface area contributed by atoms with Gasteiger partial charge < -0.3 is 20.7 Å². The summed E-state index contributed by atoms with van der Waals surface area (Å²) in [5.41, 5.74) is 2.80. The van der Waals surface area contributed by atoms with Crippen LogP contribution in [0.5, 0.6) is 0 Å². The molecule has 0 fully saturated rings. The molecule has 0 aliphatic carbocycles. The Kier molecular flexibility index (Phi) is 9.02. The van der Waals surface area contributed by atoms with E-state index < -0.39 is 17.7 Å². The molecule has 7 heteroatoms. The van der Waals surface area contributed by atoms with Crippen molar-refractivity contribution in [3.8, 4) is 0 Å². The summed E-state index contributed by atoms with van der Waals surface area (Å²) in [5, 5.41) is 8.29. The fourth-order valence-electron chi connectivity index (χ4n) is 3.31. The third-order valence-electron chi connectivity index (χ3n) is 4.87. The molecule has 0 saturated carbocycles. The van der Waals surface area contributed by atoms with Crippen molar-refractivity contribution in [2.45, 2.75) is 59.1 Å². The van der Waals surface area contributed by atoms with Crippen LogP contribution in [0.1, 0.15) is 73.6 Å². The van der Waals surface area contributed by atoms with Crippen LogP contribution >= 0.6 is 0 Å². The lowest BCUT2D eigenvalue weighted by Gasteiger charge is -2.22. The Labute approximate surface area is 196 Å². The summed E-state index contributed by atoms with van der Waals surface area (Å²) in [6.07, 6.45) is -0.664. The number of amides is 3. The van der Waals surface area contributed by atoms with Gasteiger partial charge in [-0.25, -0.2) is 4.79 Å². The highest BCUT2D eigenvalue weighted by atomic mass is 16.6. The summed E-state index contributed by atoms with van der Waals surface area (Å²) in [4.78, 5) is 37.3. The van der Waals surface area contributed by atoms with Crippen LogP contribution in [0.4, 0.5) is 4.79 Å². The molecule has 0 heterocycles. The van der Waals surface area contributed by atoms with Gasteiger partial charge in [-0.15, -0.1) is 0 Å². The molecule has 2 aromatic rings. The van der Waals surface area contributed by atoms with Gasteiger partial charge in [0.2, 0.25) is 5.91 Å². The van der Waals surface area contributed by atoms with Crippen LogP contribution in [0.25, 0.3) is 0 Å². The summed E-state index contributed by atoms with van der Waals surface area (Å²) in [6, 6.07) is 14.8. The SMILES string of the molecule is Cc1ccc(C(C)C)c(C(=O)NC[C@@H](NC(=O)CNC(=O)OC(C)(C)C)c2ccccc2)c1. The lowest BCUT2D eigenvalue weighted by molar-refractivity contribution is -0.121. The van der Waals surface area contributed by atoms with Crippen molar-refractivity contribution < 1.29 is 19.1 Å². The zero-order valence-corrected chi connectivity index (χ0v) is 20.3. The molecule has 1 atom stereocenters. The summed E-state index contributed by atoms with van der Waals surface area (Å²) in [7, 11) is 0. The van der Waals surface area contributed by atoms with Crippen molar-refractivity contribution in [1.29, 1.82) is 0 Å². The first-order valence-electron chi connectivity index (χ1n) is 11.2. The summed E-state index contributed by atoms with van der Waals surface area (Å²) < 4.78 is 5.16. The largest absolute Gasteiger partial charge is 0.444 e. The molecule has 0 saturated heterocycles. The minimum absolute atomic E-state index is 0.190. The third-order valence-corrected chi connectivity index (χ3v) is 4.87. The molecule has 3 amide bonds. The van der Waals surface area contributed by atoms with E-state index in [2.05, 4.69) is 16.0 Å². The lowest BCUT2D eigenvalue weighted by atomic mass is 9.95. The maximum atomic E-state index is 13.0. The van der Waals surface area contributed by atoms with E-state index in [9.17, 15) is 14.4 Å². The zero-order valence-electron chi connectivity index (χ0n) is 20.3. The van der Waals surface area contributed by atoms with E-state index in [0.717, 1.165) is 16.7 Å². The van der Waals surface area contributed by atoms with Crippen LogP contribution in [0.2, 0.25) is 0 Å². The van der Waals surface area contributed by atoms with Crippen molar-refractivity contribution in [1.82, 2.24) is 16.0 Å². The molecule has 3 N–H and O–H groups in total. The first-order valence-corrected chi connectivity index (χ1v) is 11.2. The molecule has 0 bridgehead atoms. The molecule has 2 aromatic carbocycles. The Hall–Kier alpha value is -3.35. The molecule has 0 unspecified atom stereocenters. The molecule has 0 spiro atoms. The van der Waals surface area contributed by atoms with E-state index >= 15 is 0 Å². The summed E-state index contributed by atoms with van der Waals surface area (Å²) in [6.45, 7) is 11.3. The van der Waals surface area contributed by atoms with E-state index in [1.54, 1.807) is 20.8 Å². The number of alkyl carbamates (subject to hydrolysis) is 1. The topological polar surface area (TPSA) is 96.5 Å². The van der Waals surface area contributed by atoms with Gasteiger partial charge in [0.1, 0.15) is 12.1 Å². The van der Waals surface area contributed by atoms with E-state index in [1.165, 1.54) is 0 Å². The Morgan fingerprint density at radius 2 is 1.64 bits per heavy atom. The summed E-state index contributed by atoms with van der Waals surface area (Å²) >= 11 is 0. The zero-order chi connectivity index (χ0) is 24.6. The molecule has 0 radical (unpaired) electrons. The Morgan fingerprint density at radius 3 is 2.24 bits per heavy atom. The van der Waals surface area contributed by atoms with Crippen molar-refractivity contribution in [2.24, 2.45) is 0 Å².